The molecule has 3 rings (SSSR count). The van der Waals surface area contributed by atoms with Crippen LogP contribution in [0.15, 0.2) is 24.3 Å². The Morgan fingerprint density at radius 1 is 1.33 bits per heavy atom. The van der Waals surface area contributed by atoms with Crippen LogP contribution in [0.1, 0.15) is 25.1 Å². The Kier molecular flexibility index (Phi) is 5.56. The van der Waals surface area contributed by atoms with Gasteiger partial charge >= 0.3 is 6.03 Å². The van der Waals surface area contributed by atoms with Gasteiger partial charge in [-0.3, -0.25) is 0 Å². The lowest BCUT2D eigenvalue weighted by atomic mass is 10.1. The maximum Gasteiger partial charge on any atom is 0.319 e. The molecule has 3 N–H and O–H groups in total. The van der Waals surface area contributed by atoms with E-state index < -0.39 is 0 Å². The summed E-state index contributed by atoms with van der Waals surface area (Å²) in [5.41, 5.74) is 0.668. The molecule has 1 aliphatic rings. The number of hydrogen-bond acceptors (Lipinski definition) is 6. The number of tetrazole rings is 1. The molecule has 9 heteroatoms. The molecule has 128 valence electrons. The normalized spacial score (nSPS) is 17.2. The number of ether oxygens (including phenoxy) is 2. The number of nitrogens with one attached hydrogen (secondary N) is 3. The number of anilines is 1. The van der Waals surface area contributed by atoms with Crippen molar-refractivity contribution < 1.29 is 14.3 Å². The fraction of sp³-hybridized carbons (Fsp3) is 0.467. The monoisotopic (exact) mass is 332 g/mol. The zero-order chi connectivity index (χ0) is 16.6. The van der Waals surface area contributed by atoms with E-state index in [1.54, 1.807) is 12.1 Å². The second-order valence-electron chi connectivity index (χ2n) is 5.46. The molecule has 1 aliphatic heterocycles. The Morgan fingerprint density at radius 2 is 2.21 bits per heavy atom. The summed E-state index contributed by atoms with van der Waals surface area (Å²) < 4.78 is 11.3. The van der Waals surface area contributed by atoms with Crippen molar-refractivity contribution in [3.63, 3.8) is 0 Å². The molecule has 0 aliphatic carbocycles. The van der Waals surface area contributed by atoms with Gasteiger partial charge in [0.2, 0.25) is 0 Å². The number of benzene rings is 1. The first kappa shape index (κ1) is 16.2. The van der Waals surface area contributed by atoms with Crippen LogP contribution in [0.25, 0.3) is 0 Å². The van der Waals surface area contributed by atoms with Gasteiger partial charge in [0.1, 0.15) is 12.4 Å². The number of rotatable bonds is 6. The lowest BCUT2D eigenvalue weighted by Gasteiger charge is -2.22. The van der Waals surface area contributed by atoms with Gasteiger partial charge in [-0.2, -0.15) is 5.21 Å². The zero-order valence-corrected chi connectivity index (χ0v) is 13.2. The van der Waals surface area contributed by atoms with E-state index in [-0.39, 0.29) is 18.7 Å². The molecule has 0 bridgehead atoms. The lowest BCUT2D eigenvalue weighted by molar-refractivity contribution is -0.0110. The summed E-state index contributed by atoms with van der Waals surface area (Å²) in [6, 6.07) is 6.86. The Morgan fingerprint density at radius 3 is 2.92 bits per heavy atom. The van der Waals surface area contributed by atoms with E-state index in [4.69, 9.17) is 9.47 Å². The highest BCUT2D eigenvalue weighted by Crippen LogP contribution is 2.18. The van der Waals surface area contributed by atoms with Crippen LogP contribution in [-0.2, 0) is 11.3 Å². The molecule has 2 amide bonds. The summed E-state index contributed by atoms with van der Waals surface area (Å²) in [7, 11) is 0. The molecule has 1 aromatic carbocycles. The van der Waals surface area contributed by atoms with E-state index in [9.17, 15) is 4.79 Å². The number of H-pyrrole nitrogens is 1. The molecule has 1 aromatic heterocycles. The van der Waals surface area contributed by atoms with Gasteiger partial charge in [0.25, 0.3) is 0 Å². The van der Waals surface area contributed by atoms with Crippen LogP contribution in [0.2, 0.25) is 0 Å². The summed E-state index contributed by atoms with van der Waals surface area (Å²) in [5, 5.41) is 18.6. The summed E-state index contributed by atoms with van der Waals surface area (Å²) >= 11 is 0. The number of aromatic nitrogens is 4. The maximum atomic E-state index is 11.8. The van der Waals surface area contributed by atoms with Gasteiger partial charge < -0.3 is 20.1 Å². The first-order valence-electron chi connectivity index (χ1n) is 7.91. The molecule has 0 spiro atoms. The minimum Gasteiger partial charge on any atom is -0.491 e. The maximum absolute atomic E-state index is 11.8. The van der Waals surface area contributed by atoms with Crippen molar-refractivity contribution in [1.29, 1.82) is 0 Å². The number of aromatic amines is 1. The number of carbonyl (C=O) groups is 1. The van der Waals surface area contributed by atoms with Crippen LogP contribution in [-0.4, -0.2) is 46.0 Å². The third-order valence-electron chi connectivity index (χ3n) is 3.62. The Labute approximate surface area is 139 Å². The molecular weight excluding hydrogens is 312 g/mol. The Balaban J connectivity index is 1.41. The Bertz CT molecular complexity index is 625. The summed E-state index contributed by atoms with van der Waals surface area (Å²) in [5.74, 6) is 1.17. The van der Waals surface area contributed by atoms with Crippen molar-refractivity contribution in [3.8, 4) is 5.75 Å². The second kappa shape index (κ2) is 8.25. The van der Waals surface area contributed by atoms with Crippen LogP contribution in [0, 0.1) is 0 Å². The van der Waals surface area contributed by atoms with E-state index in [1.807, 2.05) is 12.1 Å². The Hall–Kier alpha value is -2.68. The first-order valence-corrected chi connectivity index (χ1v) is 7.91. The molecule has 1 fully saturated rings. The molecule has 9 nitrogen and oxygen atoms in total. The minimum atomic E-state index is -0.343. The van der Waals surface area contributed by atoms with Crippen LogP contribution in [0.3, 0.4) is 0 Å². The van der Waals surface area contributed by atoms with Crippen LogP contribution in [0.5, 0.6) is 5.75 Å². The molecule has 1 unspecified atom stereocenters. The van der Waals surface area contributed by atoms with Crippen molar-refractivity contribution in [3.05, 3.63) is 30.1 Å². The van der Waals surface area contributed by atoms with Gasteiger partial charge in [-0.1, -0.05) is 5.21 Å². The van der Waals surface area contributed by atoms with Crippen molar-refractivity contribution in [2.75, 3.05) is 18.5 Å². The predicted octanol–water partition coefficient (Wildman–Crippen LogP) is 1.47. The van der Waals surface area contributed by atoms with E-state index in [0.717, 1.165) is 25.2 Å². The molecule has 2 aromatic rings. The molecule has 0 saturated carbocycles. The van der Waals surface area contributed by atoms with Gasteiger partial charge in [0.15, 0.2) is 5.82 Å². The van der Waals surface area contributed by atoms with Crippen LogP contribution >= 0.6 is 0 Å². The number of amides is 2. The SMILES string of the molecule is O=C(NCc1nn[nH]n1)Nc1ccc(OCC2CCCCO2)cc1. The topological polar surface area (TPSA) is 114 Å². The second-order valence-corrected chi connectivity index (χ2v) is 5.46. The largest absolute Gasteiger partial charge is 0.491 e. The lowest BCUT2D eigenvalue weighted by Crippen LogP contribution is -2.28. The minimum absolute atomic E-state index is 0.174. The summed E-state index contributed by atoms with van der Waals surface area (Å²) in [6.45, 7) is 1.57. The smallest absolute Gasteiger partial charge is 0.319 e. The average molecular weight is 332 g/mol. The average Bonchev–Trinajstić information content (AvgIpc) is 3.14. The number of hydrogen-bond donors (Lipinski definition) is 3. The quantitative estimate of drug-likeness (QED) is 0.738. The van der Waals surface area contributed by atoms with E-state index in [1.165, 1.54) is 6.42 Å². The number of nitrogens with zero attached hydrogens (tertiary/aromatic N) is 3. The van der Waals surface area contributed by atoms with Gasteiger partial charge in [-0.15, -0.1) is 10.2 Å². The zero-order valence-electron chi connectivity index (χ0n) is 13.2. The highest BCUT2D eigenvalue weighted by atomic mass is 16.5. The summed E-state index contributed by atoms with van der Waals surface area (Å²) in [6.07, 6.45) is 3.54. The third-order valence-corrected chi connectivity index (χ3v) is 3.62. The van der Waals surface area contributed by atoms with E-state index in [0.29, 0.717) is 18.1 Å². The van der Waals surface area contributed by atoms with Crippen molar-refractivity contribution >= 4 is 11.7 Å². The fourth-order valence-corrected chi connectivity index (χ4v) is 2.35. The standard InChI is InChI=1S/C15H20N6O3/c22-15(16-9-14-18-20-21-19-14)17-11-4-6-12(7-5-11)24-10-13-3-1-2-8-23-13/h4-7,13H,1-3,8-10H2,(H2,16,17,22)(H,18,19,20,21). The predicted molar refractivity (Wildman–Crippen MR) is 85.6 cm³/mol. The van der Waals surface area contributed by atoms with Gasteiger partial charge in [-0.25, -0.2) is 4.79 Å². The molecule has 24 heavy (non-hydrogen) atoms. The highest BCUT2D eigenvalue weighted by molar-refractivity contribution is 5.89. The van der Waals surface area contributed by atoms with Crippen LogP contribution < -0.4 is 15.4 Å². The first-order chi connectivity index (χ1) is 11.8. The molecule has 0 radical (unpaired) electrons. The molecule has 1 atom stereocenters. The highest BCUT2D eigenvalue weighted by Gasteiger charge is 2.14. The molecular formula is C15H20N6O3. The summed E-state index contributed by atoms with van der Waals surface area (Å²) in [4.78, 5) is 11.8. The van der Waals surface area contributed by atoms with E-state index >= 15 is 0 Å². The van der Waals surface area contributed by atoms with Gasteiger partial charge in [-0.05, 0) is 43.5 Å². The van der Waals surface area contributed by atoms with Crippen molar-refractivity contribution in [1.82, 2.24) is 25.9 Å². The number of urea groups is 1. The third kappa shape index (κ3) is 4.92. The number of carbonyl (C=O) groups excluding carboxylic acids is 1. The van der Waals surface area contributed by atoms with E-state index in [2.05, 4.69) is 31.3 Å². The van der Waals surface area contributed by atoms with Crippen LogP contribution in [0.4, 0.5) is 10.5 Å². The molecule has 2 heterocycles. The molecule has 1 saturated heterocycles. The fourth-order valence-electron chi connectivity index (χ4n) is 2.35. The van der Waals surface area contributed by atoms with Gasteiger partial charge in [0.05, 0.1) is 12.6 Å². The van der Waals surface area contributed by atoms with Crippen molar-refractivity contribution in [2.24, 2.45) is 0 Å². The van der Waals surface area contributed by atoms with Crippen molar-refractivity contribution in [2.45, 2.75) is 31.9 Å². The van der Waals surface area contributed by atoms with Gasteiger partial charge in [0, 0.05) is 12.3 Å².